The van der Waals surface area contributed by atoms with Gasteiger partial charge in [-0.2, -0.15) is 0 Å². The van der Waals surface area contributed by atoms with Gasteiger partial charge in [-0.05, 0) is 90.5 Å². The van der Waals surface area contributed by atoms with Crippen molar-refractivity contribution >= 4 is 0 Å². The van der Waals surface area contributed by atoms with Crippen molar-refractivity contribution in [3.63, 3.8) is 0 Å². The van der Waals surface area contributed by atoms with E-state index in [-0.39, 0.29) is 0 Å². The fraction of sp³-hybridized carbons (Fsp3) is 0.500. The van der Waals surface area contributed by atoms with E-state index < -0.39 is 0 Å². The minimum atomic E-state index is 0.383. The molecule has 4 rings (SSSR count). The van der Waals surface area contributed by atoms with E-state index >= 15 is 0 Å². The average Bonchev–Trinajstić information content (AvgIpc) is 2.68. The molecule has 0 aromatic heterocycles. The fourth-order valence-electron chi connectivity index (χ4n) is 5.98. The van der Waals surface area contributed by atoms with Crippen LogP contribution in [0.4, 0.5) is 0 Å². The van der Waals surface area contributed by atoms with Gasteiger partial charge >= 0.3 is 0 Å². The highest BCUT2D eigenvalue weighted by atomic mass is 16.3. The van der Waals surface area contributed by atoms with Crippen molar-refractivity contribution in [2.45, 2.75) is 65.2 Å². The molecule has 29 heavy (non-hydrogen) atoms. The third-order valence-electron chi connectivity index (χ3n) is 7.35. The van der Waals surface area contributed by atoms with Gasteiger partial charge in [-0.1, -0.05) is 75.2 Å². The molecular formula is C28H36O. The maximum atomic E-state index is 10.3. The highest BCUT2D eigenvalue weighted by Crippen LogP contribution is 2.48. The fourth-order valence-corrected chi connectivity index (χ4v) is 5.98. The van der Waals surface area contributed by atoms with Crippen molar-refractivity contribution in [3.05, 3.63) is 77.4 Å². The first-order valence-corrected chi connectivity index (χ1v) is 11.5. The summed E-state index contributed by atoms with van der Waals surface area (Å²) in [6.45, 7) is 4.90. The third kappa shape index (κ3) is 5.13. The number of phenolic OH excluding ortho intramolecular Hbond substituents is 1. The van der Waals surface area contributed by atoms with Crippen LogP contribution in [-0.4, -0.2) is 5.11 Å². The second-order valence-electron chi connectivity index (χ2n) is 10.1. The Labute approximate surface area is 176 Å². The topological polar surface area (TPSA) is 20.2 Å². The summed E-state index contributed by atoms with van der Waals surface area (Å²) < 4.78 is 0. The van der Waals surface area contributed by atoms with E-state index in [4.69, 9.17) is 0 Å². The molecule has 1 heteroatoms. The first kappa shape index (κ1) is 20.3. The summed E-state index contributed by atoms with van der Waals surface area (Å²) in [4.78, 5) is 0. The van der Waals surface area contributed by atoms with Gasteiger partial charge in [-0.15, -0.1) is 0 Å². The van der Waals surface area contributed by atoms with E-state index in [9.17, 15) is 5.11 Å². The van der Waals surface area contributed by atoms with Gasteiger partial charge in [0.25, 0.3) is 0 Å². The second kappa shape index (κ2) is 8.78. The van der Waals surface area contributed by atoms with Gasteiger partial charge in [0.15, 0.2) is 0 Å². The molecule has 2 aliphatic carbocycles. The lowest BCUT2D eigenvalue weighted by molar-refractivity contribution is 0.119. The maximum Gasteiger partial charge on any atom is 0.116 e. The molecule has 0 spiro atoms. The van der Waals surface area contributed by atoms with Crippen LogP contribution < -0.4 is 0 Å². The van der Waals surface area contributed by atoms with Crippen LogP contribution in [0.25, 0.3) is 0 Å². The quantitative estimate of drug-likeness (QED) is 0.532. The number of hydrogen-bond donors (Lipinski definition) is 1. The molecule has 0 amide bonds. The Balaban J connectivity index is 1.44. The molecule has 2 aliphatic rings. The summed E-state index contributed by atoms with van der Waals surface area (Å²) in [7, 11) is 0. The summed E-state index contributed by atoms with van der Waals surface area (Å²) in [6, 6.07) is 16.8. The zero-order valence-corrected chi connectivity index (χ0v) is 18.1. The Bertz CT molecular complexity index is 837. The van der Waals surface area contributed by atoms with Crippen molar-refractivity contribution in [3.8, 4) is 5.75 Å². The monoisotopic (exact) mass is 388 g/mol. The van der Waals surface area contributed by atoms with Crippen LogP contribution in [0.5, 0.6) is 5.75 Å². The Morgan fingerprint density at radius 2 is 1.79 bits per heavy atom. The van der Waals surface area contributed by atoms with Gasteiger partial charge in [-0.25, -0.2) is 0 Å². The first-order valence-electron chi connectivity index (χ1n) is 11.5. The molecule has 1 nitrogen and oxygen atoms in total. The lowest BCUT2D eigenvalue weighted by Crippen LogP contribution is -2.33. The van der Waals surface area contributed by atoms with E-state index in [1.54, 1.807) is 0 Å². The first-order chi connectivity index (χ1) is 14.0. The molecule has 1 fully saturated rings. The summed E-state index contributed by atoms with van der Waals surface area (Å²) in [5.74, 6) is 2.78. The lowest BCUT2D eigenvalue weighted by atomic mass is 9.61. The SMILES string of the molecule is C[C@@H]1CC=C[C@](C)([C@@H]2CCC[C@@H](Cc3cc(O)cc(Cc4ccccc4)c3)C2)C1. The number of phenols is 1. The van der Waals surface area contributed by atoms with Crippen LogP contribution in [0.2, 0.25) is 0 Å². The van der Waals surface area contributed by atoms with Crippen LogP contribution in [0, 0.1) is 23.2 Å². The molecule has 1 saturated carbocycles. The number of hydrogen-bond acceptors (Lipinski definition) is 1. The highest BCUT2D eigenvalue weighted by Gasteiger charge is 2.37. The van der Waals surface area contributed by atoms with Crippen LogP contribution in [-0.2, 0) is 12.8 Å². The van der Waals surface area contributed by atoms with Gasteiger partial charge in [0.05, 0.1) is 0 Å². The molecule has 0 unspecified atom stereocenters. The average molecular weight is 389 g/mol. The third-order valence-corrected chi connectivity index (χ3v) is 7.35. The molecule has 2 aromatic carbocycles. The molecule has 1 N–H and O–H groups in total. The lowest BCUT2D eigenvalue weighted by Gasteiger charge is -2.43. The maximum absolute atomic E-state index is 10.3. The minimum Gasteiger partial charge on any atom is -0.508 e. The van der Waals surface area contributed by atoms with Crippen LogP contribution in [0.3, 0.4) is 0 Å². The molecule has 0 bridgehead atoms. The van der Waals surface area contributed by atoms with E-state index in [0.717, 1.165) is 30.6 Å². The largest absolute Gasteiger partial charge is 0.508 e. The summed E-state index contributed by atoms with van der Waals surface area (Å²) in [6.07, 6.45) is 14.9. The van der Waals surface area contributed by atoms with Crippen molar-refractivity contribution in [2.75, 3.05) is 0 Å². The predicted octanol–water partition coefficient (Wildman–Crippen LogP) is 7.32. The molecule has 0 radical (unpaired) electrons. The Kier molecular flexibility index (Phi) is 6.13. The van der Waals surface area contributed by atoms with E-state index in [1.807, 2.05) is 12.1 Å². The summed E-state index contributed by atoms with van der Waals surface area (Å²) in [5.41, 5.74) is 4.20. The minimum absolute atomic E-state index is 0.383. The van der Waals surface area contributed by atoms with Gasteiger partial charge < -0.3 is 5.11 Å². The smallest absolute Gasteiger partial charge is 0.116 e. The zero-order valence-electron chi connectivity index (χ0n) is 18.1. The summed E-state index contributed by atoms with van der Waals surface area (Å²) >= 11 is 0. The predicted molar refractivity (Wildman–Crippen MR) is 122 cm³/mol. The molecule has 154 valence electrons. The standard InChI is InChI=1S/C28H36O/c1-21-8-7-13-28(2,20-21)26-12-6-11-23(17-26)15-25-16-24(18-27(29)19-25)14-22-9-4-3-5-10-22/h3-5,7,9-10,13,16,18-19,21,23,26,29H,6,8,11-12,14-15,17,20H2,1-2H3/t21-,23+,26-,28+/m1/s1. The second-order valence-corrected chi connectivity index (χ2v) is 10.1. The molecule has 0 aliphatic heterocycles. The molecule has 4 atom stereocenters. The Hall–Kier alpha value is -2.02. The van der Waals surface area contributed by atoms with Crippen molar-refractivity contribution in [2.24, 2.45) is 23.2 Å². The number of benzene rings is 2. The van der Waals surface area contributed by atoms with Gasteiger partial charge in [0.1, 0.15) is 5.75 Å². The van der Waals surface area contributed by atoms with Crippen molar-refractivity contribution < 1.29 is 5.11 Å². The molecule has 0 saturated heterocycles. The highest BCUT2D eigenvalue weighted by molar-refractivity contribution is 5.36. The molecule has 0 heterocycles. The number of rotatable bonds is 5. The molecular weight excluding hydrogens is 352 g/mol. The van der Waals surface area contributed by atoms with Gasteiger partial charge in [0.2, 0.25) is 0 Å². The van der Waals surface area contributed by atoms with E-state index in [2.05, 4.69) is 62.4 Å². The molecule has 2 aromatic rings. The van der Waals surface area contributed by atoms with Gasteiger partial charge in [0, 0.05) is 0 Å². The van der Waals surface area contributed by atoms with Crippen molar-refractivity contribution in [1.29, 1.82) is 0 Å². The van der Waals surface area contributed by atoms with Crippen LogP contribution >= 0.6 is 0 Å². The van der Waals surface area contributed by atoms with Crippen LogP contribution in [0.1, 0.15) is 69.1 Å². The normalized spacial score (nSPS) is 29.7. The summed E-state index contributed by atoms with van der Waals surface area (Å²) in [5, 5.41) is 10.3. The van der Waals surface area contributed by atoms with E-state index in [1.165, 1.54) is 55.2 Å². The van der Waals surface area contributed by atoms with E-state index in [0.29, 0.717) is 11.2 Å². The Morgan fingerprint density at radius 3 is 2.59 bits per heavy atom. The zero-order chi connectivity index (χ0) is 20.3. The number of aromatic hydroxyl groups is 1. The Morgan fingerprint density at radius 1 is 1.00 bits per heavy atom. The van der Waals surface area contributed by atoms with Crippen molar-refractivity contribution in [1.82, 2.24) is 0 Å². The van der Waals surface area contributed by atoms with Gasteiger partial charge in [-0.3, -0.25) is 0 Å². The number of allylic oxidation sites excluding steroid dienone is 2. The van der Waals surface area contributed by atoms with Crippen LogP contribution in [0.15, 0.2) is 60.7 Å².